The van der Waals surface area contributed by atoms with Crippen LogP contribution in [0.25, 0.3) is 10.9 Å². The van der Waals surface area contributed by atoms with E-state index >= 15 is 0 Å². The van der Waals surface area contributed by atoms with Crippen molar-refractivity contribution in [2.75, 3.05) is 0 Å². The molecule has 0 radical (unpaired) electrons. The minimum atomic E-state index is -0.336. The van der Waals surface area contributed by atoms with Crippen LogP contribution in [0.3, 0.4) is 0 Å². The number of rotatable bonds is 4. The Morgan fingerprint density at radius 1 is 1.15 bits per heavy atom. The molecule has 2 N–H and O–H groups in total. The molecule has 4 heteroatoms. The van der Waals surface area contributed by atoms with Crippen LogP contribution < -0.4 is 10.5 Å². The molecule has 0 saturated heterocycles. The molecule has 20 heavy (non-hydrogen) atoms. The van der Waals surface area contributed by atoms with Gasteiger partial charge in [0.1, 0.15) is 17.0 Å². The number of hydrogen-bond donors (Lipinski definition) is 1. The second kappa shape index (κ2) is 5.35. The maximum Gasteiger partial charge on any atom is 0.171 e. The van der Waals surface area contributed by atoms with E-state index in [0.29, 0.717) is 11.5 Å². The Hall–Kier alpha value is -2.33. The highest BCUT2D eigenvalue weighted by molar-refractivity contribution is 5.84. The van der Waals surface area contributed by atoms with E-state index in [-0.39, 0.29) is 12.1 Å². The lowest BCUT2D eigenvalue weighted by Gasteiger charge is -2.21. The molecule has 0 spiro atoms. The van der Waals surface area contributed by atoms with Crippen LogP contribution in [0.15, 0.2) is 59.3 Å². The minimum absolute atomic E-state index is 0.194. The molecule has 102 valence electrons. The van der Waals surface area contributed by atoms with Crippen LogP contribution in [0.2, 0.25) is 0 Å². The molecule has 0 aliphatic rings. The maximum atomic E-state index is 6.05. The van der Waals surface area contributed by atoms with Crippen LogP contribution in [-0.2, 0) is 0 Å². The summed E-state index contributed by atoms with van der Waals surface area (Å²) in [6, 6.07) is 13.3. The molecule has 0 aliphatic carbocycles. The van der Waals surface area contributed by atoms with Gasteiger partial charge in [-0.1, -0.05) is 18.2 Å². The number of ether oxygens (including phenoxy) is 1. The number of nitrogens with zero attached hydrogens (tertiary/aromatic N) is 1. The molecule has 2 aromatic heterocycles. The van der Waals surface area contributed by atoms with Gasteiger partial charge in [0, 0.05) is 17.6 Å². The third-order valence-electron chi connectivity index (χ3n) is 3.15. The Labute approximate surface area is 117 Å². The number of benzene rings is 1. The summed E-state index contributed by atoms with van der Waals surface area (Å²) in [5, 5.41) is 1.04. The Morgan fingerprint density at radius 3 is 2.75 bits per heavy atom. The first kappa shape index (κ1) is 12.7. The number of aromatic nitrogens is 1. The highest BCUT2D eigenvalue weighted by Gasteiger charge is 2.22. The average molecular weight is 268 g/mol. The fraction of sp³-hybridized carbons (Fsp3) is 0.188. The molecule has 0 saturated carbocycles. The molecular weight excluding hydrogens is 252 g/mol. The molecule has 2 heterocycles. The minimum Gasteiger partial charge on any atom is -0.479 e. The standard InChI is InChI=1S/C16H16N2O2/c1-11(17)16(14-8-4-10-19-14)20-13-7-2-5-12-6-3-9-18-15(12)13/h2-11,16H,17H2,1H3. The van der Waals surface area contributed by atoms with E-state index in [2.05, 4.69) is 4.98 Å². The van der Waals surface area contributed by atoms with E-state index in [0.717, 1.165) is 10.9 Å². The monoisotopic (exact) mass is 268 g/mol. The third-order valence-corrected chi connectivity index (χ3v) is 3.15. The predicted molar refractivity (Wildman–Crippen MR) is 77.5 cm³/mol. The Balaban J connectivity index is 1.99. The van der Waals surface area contributed by atoms with Gasteiger partial charge in [-0.05, 0) is 31.2 Å². The first-order chi connectivity index (χ1) is 9.75. The summed E-state index contributed by atoms with van der Waals surface area (Å²) in [6.45, 7) is 1.89. The summed E-state index contributed by atoms with van der Waals surface area (Å²) in [6.07, 6.45) is 3.04. The van der Waals surface area contributed by atoms with Crippen LogP contribution in [0.4, 0.5) is 0 Å². The second-order valence-corrected chi connectivity index (χ2v) is 4.74. The van der Waals surface area contributed by atoms with Gasteiger partial charge in [0.05, 0.1) is 6.26 Å². The summed E-state index contributed by atoms with van der Waals surface area (Å²) in [4.78, 5) is 4.38. The first-order valence-corrected chi connectivity index (χ1v) is 6.55. The number of fused-ring (bicyclic) bond motifs is 1. The van der Waals surface area contributed by atoms with Crippen LogP contribution in [0.5, 0.6) is 5.75 Å². The number of para-hydroxylation sites is 1. The highest BCUT2D eigenvalue weighted by atomic mass is 16.5. The van der Waals surface area contributed by atoms with E-state index in [9.17, 15) is 0 Å². The Kier molecular flexibility index (Phi) is 3.39. The van der Waals surface area contributed by atoms with Crippen molar-refractivity contribution in [3.05, 3.63) is 60.7 Å². The van der Waals surface area contributed by atoms with Crippen LogP contribution in [0, 0.1) is 0 Å². The van der Waals surface area contributed by atoms with Gasteiger partial charge < -0.3 is 14.9 Å². The first-order valence-electron chi connectivity index (χ1n) is 6.55. The van der Waals surface area contributed by atoms with Crippen molar-refractivity contribution in [2.24, 2.45) is 5.73 Å². The van der Waals surface area contributed by atoms with Gasteiger partial charge in [-0.15, -0.1) is 0 Å². The van der Waals surface area contributed by atoms with Gasteiger partial charge in [0.2, 0.25) is 0 Å². The molecular formula is C16H16N2O2. The van der Waals surface area contributed by atoms with Crippen LogP contribution in [-0.4, -0.2) is 11.0 Å². The number of pyridine rings is 1. The topological polar surface area (TPSA) is 61.3 Å². The van der Waals surface area contributed by atoms with Gasteiger partial charge in [0.25, 0.3) is 0 Å². The Bertz CT molecular complexity index is 687. The quantitative estimate of drug-likeness (QED) is 0.788. The summed E-state index contributed by atoms with van der Waals surface area (Å²) in [5.41, 5.74) is 6.84. The molecule has 4 nitrogen and oxygen atoms in total. The normalized spacial score (nSPS) is 14.1. The zero-order valence-corrected chi connectivity index (χ0v) is 11.2. The zero-order valence-electron chi connectivity index (χ0n) is 11.2. The summed E-state index contributed by atoms with van der Waals surface area (Å²) >= 11 is 0. The number of furan rings is 1. The van der Waals surface area contributed by atoms with E-state index in [1.54, 1.807) is 12.5 Å². The zero-order chi connectivity index (χ0) is 13.9. The van der Waals surface area contributed by atoms with Crippen LogP contribution in [0.1, 0.15) is 18.8 Å². The van der Waals surface area contributed by atoms with E-state index < -0.39 is 0 Å². The van der Waals surface area contributed by atoms with Crippen molar-refractivity contribution >= 4 is 10.9 Å². The molecule has 3 rings (SSSR count). The number of hydrogen-bond acceptors (Lipinski definition) is 4. The fourth-order valence-electron chi connectivity index (χ4n) is 2.19. The number of nitrogens with two attached hydrogens (primary N) is 1. The van der Waals surface area contributed by atoms with E-state index in [1.807, 2.05) is 49.4 Å². The maximum absolute atomic E-state index is 6.05. The second-order valence-electron chi connectivity index (χ2n) is 4.74. The molecule has 1 aromatic carbocycles. The van der Waals surface area contributed by atoms with Gasteiger partial charge in [-0.25, -0.2) is 0 Å². The molecule has 0 aliphatic heterocycles. The van der Waals surface area contributed by atoms with Gasteiger partial charge in [-0.3, -0.25) is 4.98 Å². The molecule has 0 amide bonds. The van der Waals surface area contributed by atoms with Crippen molar-refractivity contribution in [2.45, 2.75) is 19.1 Å². The highest BCUT2D eigenvalue weighted by Crippen LogP contribution is 2.29. The third kappa shape index (κ3) is 2.38. The van der Waals surface area contributed by atoms with E-state index in [1.165, 1.54) is 0 Å². The SMILES string of the molecule is CC(N)C(Oc1cccc2cccnc12)c1ccco1. The van der Waals surface area contributed by atoms with Crippen molar-refractivity contribution in [1.82, 2.24) is 4.98 Å². The lowest BCUT2D eigenvalue weighted by molar-refractivity contribution is 0.155. The lowest BCUT2D eigenvalue weighted by Crippen LogP contribution is -2.28. The smallest absolute Gasteiger partial charge is 0.171 e. The van der Waals surface area contributed by atoms with Crippen LogP contribution >= 0.6 is 0 Å². The molecule has 2 atom stereocenters. The van der Waals surface area contributed by atoms with E-state index in [4.69, 9.17) is 14.9 Å². The van der Waals surface area contributed by atoms with Gasteiger partial charge in [-0.2, -0.15) is 0 Å². The van der Waals surface area contributed by atoms with Gasteiger partial charge in [0.15, 0.2) is 6.10 Å². The van der Waals surface area contributed by atoms with Crippen molar-refractivity contribution in [3.8, 4) is 5.75 Å². The summed E-state index contributed by atoms with van der Waals surface area (Å²) in [7, 11) is 0. The lowest BCUT2D eigenvalue weighted by atomic mass is 10.1. The largest absolute Gasteiger partial charge is 0.479 e. The molecule has 3 aromatic rings. The van der Waals surface area contributed by atoms with Crippen molar-refractivity contribution < 1.29 is 9.15 Å². The fourth-order valence-corrected chi connectivity index (χ4v) is 2.19. The summed E-state index contributed by atoms with van der Waals surface area (Å²) in [5.74, 6) is 1.43. The van der Waals surface area contributed by atoms with Gasteiger partial charge >= 0.3 is 0 Å². The van der Waals surface area contributed by atoms with Crippen molar-refractivity contribution in [3.63, 3.8) is 0 Å². The predicted octanol–water partition coefficient (Wildman–Crippen LogP) is 3.30. The molecule has 2 unspecified atom stereocenters. The summed E-state index contributed by atoms with van der Waals surface area (Å²) < 4.78 is 11.5. The molecule has 0 fully saturated rings. The average Bonchev–Trinajstić information content (AvgIpc) is 2.98. The molecule has 0 bridgehead atoms. The Morgan fingerprint density at radius 2 is 2.00 bits per heavy atom. The van der Waals surface area contributed by atoms with Crippen molar-refractivity contribution in [1.29, 1.82) is 0 Å².